The molecular formula is C9H18N4O. The monoisotopic (exact) mass is 198 g/mol. The summed E-state index contributed by atoms with van der Waals surface area (Å²) in [7, 11) is 1.65. The summed E-state index contributed by atoms with van der Waals surface area (Å²) in [6.45, 7) is 1.64. The third kappa shape index (κ3) is 3.26. The van der Waals surface area contributed by atoms with Gasteiger partial charge in [-0.25, -0.2) is 0 Å². The molecule has 0 spiro atoms. The van der Waals surface area contributed by atoms with Crippen LogP contribution < -0.4 is 11.1 Å². The standard InChI is InChI=1S/C9H18N4O/c1-11-9(14)4-3-8-7-13(12-8)6-2-5-10/h7,12H,2-6,10H2,1H3,(H,11,14). The van der Waals surface area contributed by atoms with Crippen LogP contribution >= 0.6 is 0 Å². The predicted molar refractivity (Wildman–Crippen MR) is 54.8 cm³/mol. The molecule has 0 bridgehead atoms. The predicted octanol–water partition coefficient (Wildman–Crippen LogP) is -0.156. The molecule has 0 aromatic carbocycles. The van der Waals surface area contributed by atoms with Crippen LogP contribution in [0.2, 0.25) is 0 Å². The minimum atomic E-state index is 0.0770. The second kappa shape index (κ2) is 5.49. The molecule has 1 rings (SSSR count). The highest BCUT2D eigenvalue weighted by molar-refractivity contribution is 5.75. The van der Waals surface area contributed by atoms with Crippen LogP contribution in [0, 0.1) is 0 Å². The van der Waals surface area contributed by atoms with Gasteiger partial charge in [0.1, 0.15) is 0 Å². The Morgan fingerprint density at radius 1 is 1.71 bits per heavy atom. The SMILES string of the molecule is CNC(=O)CCc1cn(CCCN)[nH]1. The van der Waals surface area contributed by atoms with Gasteiger partial charge in [0.15, 0.2) is 0 Å². The molecule has 14 heavy (non-hydrogen) atoms. The molecule has 0 unspecified atom stereocenters. The van der Waals surface area contributed by atoms with Crippen molar-refractivity contribution in [1.29, 1.82) is 0 Å². The van der Waals surface area contributed by atoms with Crippen molar-refractivity contribution in [3.63, 3.8) is 0 Å². The molecule has 1 amide bonds. The lowest BCUT2D eigenvalue weighted by Crippen LogP contribution is -2.20. The van der Waals surface area contributed by atoms with Crippen molar-refractivity contribution < 1.29 is 4.79 Å². The van der Waals surface area contributed by atoms with E-state index in [0.717, 1.165) is 25.1 Å². The highest BCUT2D eigenvalue weighted by Crippen LogP contribution is 2.02. The van der Waals surface area contributed by atoms with Gasteiger partial charge >= 0.3 is 0 Å². The topological polar surface area (TPSA) is 75.8 Å². The van der Waals surface area contributed by atoms with Gasteiger partial charge in [-0.15, -0.1) is 0 Å². The smallest absolute Gasteiger partial charge is 0.220 e. The van der Waals surface area contributed by atoms with Gasteiger partial charge in [0.25, 0.3) is 0 Å². The summed E-state index contributed by atoms with van der Waals surface area (Å²) in [6.07, 6.45) is 4.32. The molecule has 0 saturated heterocycles. The number of aromatic amines is 1. The quantitative estimate of drug-likeness (QED) is 0.594. The van der Waals surface area contributed by atoms with Gasteiger partial charge in [-0.05, 0) is 19.4 Å². The van der Waals surface area contributed by atoms with E-state index in [2.05, 4.69) is 10.4 Å². The zero-order valence-electron chi connectivity index (χ0n) is 8.55. The molecule has 0 aliphatic carbocycles. The first kappa shape index (κ1) is 10.8. The summed E-state index contributed by atoms with van der Waals surface area (Å²) in [4.78, 5) is 10.9. The molecule has 0 radical (unpaired) electrons. The number of hydrogen-bond donors (Lipinski definition) is 3. The van der Waals surface area contributed by atoms with E-state index in [1.807, 2.05) is 10.9 Å². The number of hydrogen-bond acceptors (Lipinski definition) is 2. The first-order valence-electron chi connectivity index (χ1n) is 4.91. The number of aromatic nitrogens is 2. The molecule has 4 N–H and O–H groups in total. The Kier molecular flexibility index (Phi) is 4.25. The average molecular weight is 198 g/mol. The van der Waals surface area contributed by atoms with Gasteiger partial charge in [-0.3, -0.25) is 9.48 Å². The zero-order valence-corrected chi connectivity index (χ0v) is 8.55. The number of carbonyl (C=O) groups excluding carboxylic acids is 1. The number of nitrogens with two attached hydrogens (primary N) is 1. The maximum absolute atomic E-state index is 10.9. The van der Waals surface area contributed by atoms with Gasteiger partial charge in [-0.2, -0.15) is 0 Å². The fourth-order valence-corrected chi connectivity index (χ4v) is 1.24. The number of H-pyrrole nitrogens is 1. The van der Waals surface area contributed by atoms with Crippen LogP contribution in [0.25, 0.3) is 0 Å². The third-order valence-electron chi connectivity index (χ3n) is 2.10. The van der Waals surface area contributed by atoms with Crippen LogP contribution in [-0.2, 0) is 17.8 Å². The number of carbonyl (C=O) groups is 1. The van der Waals surface area contributed by atoms with Crippen LogP contribution in [0.15, 0.2) is 6.20 Å². The number of amides is 1. The molecule has 5 heteroatoms. The summed E-state index contributed by atoms with van der Waals surface area (Å²) < 4.78 is 1.99. The molecule has 1 aromatic rings. The zero-order chi connectivity index (χ0) is 10.4. The van der Waals surface area contributed by atoms with Crippen molar-refractivity contribution in [2.45, 2.75) is 25.8 Å². The van der Waals surface area contributed by atoms with Crippen LogP contribution in [0.3, 0.4) is 0 Å². The van der Waals surface area contributed by atoms with Crippen LogP contribution in [0.1, 0.15) is 18.5 Å². The fraction of sp³-hybridized carbons (Fsp3) is 0.667. The van der Waals surface area contributed by atoms with E-state index >= 15 is 0 Å². The van der Waals surface area contributed by atoms with Gasteiger partial charge in [0.05, 0.1) is 0 Å². The van der Waals surface area contributed by atoms with Crippen molar-refractivity contribution in [3.8, 4) is 0 Å². The Bertz CT molecular complexity index is 264. The molecular weight excluding hydrogens is 180 g/mol. The van der Waals surface area contributed by atoms with Crippen LogP contribution in [0.4, 0.5) is 0 Å². The molecule has 80 valence electrons. The van der Waals surface area contributed by atoms with E-state index in [1.54, 1.807) is 7.05 Å². The van der Waals surface area contributed by atoms with E-state index < -0.39 is 0 Å². The van der Waals surface area contributed by atoms with E-state index in [0.29, 0.717) is 13.0 Å². The molecule has 0 fully saturated rings. The van der Waals surface area contributed by atoms with Gasteiger partial charge in [0, 0.05) is 31.9 Å². The van der Waals surface area contributed by atoms with Crippen LogP contribution in [-0.4, -0.2) is 29.3 Å². The Morgan fingerprint density at radius 3 is 3.00 bits per heavy atom. The van der Waals surface area contributed by atoms with Gasteiger partial charge in [-0.1, -0.05) is 0 Å². The molecule has 1 heterocycles. The largest absolute Gasteiger partial charge is 0.359 e. The Hall–Kier alpha value is -1.23. The lowest BCUT2D eigenvalue weighted by Gasteiger charge is -2.15. The minimum absolute atomic E-state index is 0.0770. The average Bonchev–Trinajstić information content (AvgIpc) is 2.14. The molecule has 5 nitrogen and oxygen atoms in total. The maximum Gasteiger partial charge on any atom is 0.220 e. The van der Waals surface area contributed by atoms with Crippen LogP contribution in [0.5, 0.6) is 0 Å². The molecule has 1 aromatic heterocycles. The minimum Gasteiger partial charge on any atom is -0.359 e. The normalized spacial score (nSPS) is 10.4. The Balaban J connectivity index is 2.16. The molecule has 0 atom stereocenters. The second-order valence-corrected chi connectivity index (χ2v) is 3.27. The summed E-state index contributed by atoms with van der Waals surface area (Å²) in [5, 5.41) is 5.74. The Morgan fingerprint density at radius 2 is 2.43 bits per heavy atom. The van der Waals surface area contributed by atoms with E-state index in [1.165, 1.54) is 0 Å². The molecule has 0 aliphatic heterocycles. The first-order valence-corrected chi connectivity index (χ1v) is 4.91. The number of nitrogens with zero attached hydrogens (tertiary/aromatic N) is 1. The van der Waals surface area contributed by atoms with Crippen molar-refractivity contribution in [1.82, 2.24) is 15.1 Å². The summed E-state index contributed by atoms with van der Waals surface area (Å²) >= 11 is 0. The second-order valence-electron chi connectivity index (χ2n) is 3.27. The molecule has 0 saturated carbocycles. The van der Waals surface area contributed by atoms with Crippen molar-refractivity contribution in [2.24, 2.45) is 5.73 Å². The third-order valence-corrected chi connectivity index (χ3v) is 2.10. The van der Waals surface area contributed by atoms with Crippen molar-refractivity contribution in [3.05, 3.63) is 11.9 Å². The first-order chi connectivity index (χ1) is 6.76. The lowest BCUT2D eigenvalue weighted by molar-refractivity contribution is -0.120. The lowest BCUT2D eigenvalue weighted by atomic mass is 10.2. The fourth-order valence-electron chi connectivity index (χ4n) is 1.24. The number of rotatable bonds is 6. The maximum atomic E-state index is 10.9. The van der Waals surface area contributed by atoms with E-state index in [4.69, 9.17) is 5.73 Å². The molecule has 0 aliphatic rings. The van der Waals surface area contributed by atoms with Crippen molar-refractivity contribution >= 4 is 5.91 Å². The van der Waals surface area contributed by atoms with E-state index in [9.17, 15) is 4.79 Å². The highest BCUT2D eigenvalue weighted by atomic mass is 16.1. The summed E-state index contributed by atoms with van der Waals surface area (Å²) in [6, 6.07) is 0. The summed E-state index contributed by atoms with van der Waals surface area (Å²) in [5.74, 6) is 0.0770. The van der Waals surface area contributed by atoms with Crippen molar-refractivity contribution in [2.75, 3.05) is 13.6 Å². The van der Waals surface area contributed by atoms with E-state index in [-0.39, 0.29) is 5.91 Å². The number of aryl methyl sites for hydroxylation is 2. The Labute approximate surface area is 83.6 Å². The number of nitrogens with one attached hydrogen (secondary N) is 2. The highest BCUT2D eigenvalue weighted by Gasteiger charge is 2.03. The van der Waals surface area contributed by atoms with Gasteiger partial charge < -0.3 is 16.1 Å². The van der Waals surface area contributed by atoms with Gasteiger partial charge in [0.2, 0.25) is 5.91 Å². The summed E-state index contributed by atoms with van der Waals surface area (Å²) in [5.41, 5.74) is 6.49.